The van der Waals surface area contributed by atoms with E-state index in [0.717, 1.165) is 24.8 Å². The van der Waals surface area contributed by atoms with Crippen LogP contribution in [0.25, 0.3) is 0 Å². The molecular formula is C13H16ClN5O. The lowest BCUT2D eigenvalue weighted by molar-refractivity contribution is 0.0932. The van der Waals surface area contributed by atoms with Crippen LogP contribution in [-0.2, 0) is 20.5 Å². The molecule has 7 heteroatoms. The van der Waals surface area contributed by atoms with Crippen LogP contribution in [0.3, 0.4) is 0 Å². The third kappa shape index (κ3) is 2.10. The first-order valence-electron chi connectivity index (χ1n) is 6.57. The molecule has 0 saturated heterocycles. The van der Waals surface area contributed by atoms with Crippen molar-refractivity contribution in [2.24, 2.45) is 14.1 Å². The summed E-state index contributed by atoms with van der Waals surface area (Å²) in [6.07, 6.45) is 6.29. The summed E-state index contributed by atoms with van der Waals surface area (Å²) in [5.41, 5.74) is 2.70. The minimum absolute atomic E-state index is 0.00350. The van der Waals surface area contributed by atoms with Crippen LogP contribution >= 0.6 is 11.6 Å². The summed E-state index contributed by atoms with van der Waals surface area (Å²) >= 11 is 6.05. The van der Waals surface area contributed by atoms with Gasteiger partial charge in [0.2, 0.25) is 0 Å². The van der Waals surface area contributed by atoms with Crippen molar-refractivity contribution in [3.63, 3.8) is 0 Å². The molecule has 1 amide bonds. The van der Waals surface area contributed by atoms with Crippen molar-refractivity contribution in [2.45, 2.75) is 25.3 Å². The predicted molar refractivity (Wildman–Crippen MR) is 74.6 cm³/mol. The molecule has 1 aliphatic rings. The van der Waals surface area contributed by atoms with Crippen LogP contribution in [-0.4, -0.2) is 25.5 Å². The Hall–Kier alpha value is -1.82. The fourth-order valence-electron chi connectivity index (χ4n) is 2.67. The summed E-state index contributed by atoms with van der Waals surface area (Å²) in [5.74, 6) is -0.190. The van der Waals surface area contributed by atoms with Crippen LogP contribution in [0, 0.1) is 0 Å². The summed E-state index contributed by atoms with van der Waals surface area (Å²) in [5, 5.41) is 11.6. The number of aromatic nitrogens is 4. The zero-order valence-corrected chi connectivity index (χ0v) is 12.2. The number of fused-ring (bicyclic) bond motifs is 1. The van der Waals surface area contributed by atoms with Crippen LogP contribution in [0.2, 0.25) is 5.15 Å². The fraction of sp³-hybridized carbons (Fsp3) is 0.462. The second-order valence-corrected chi connectivity index (χ2v) is 5.42. The Morgan fingerprint density at radius 2 is 2.10 bits per heavy atom. The molecule has 0 bridgehead atoms. The van der Waals surface area contributed by atoms with Crippen molar-refractivity contribution >= 4 is 17.5 Å². The van der Waals surface area contributed by atoms with Crippen LogP contribution in [0.1, 0.15) is 40.5 Å². The topological polar surface area (TPSA) is 64.7 Å². The number of hydrogen-bond donors (Lipinski definition) is 1. The Bertz CT molecular complexity index is 660. The largest absolute Gasteiger partial charge is 0.345 e. The van der Waals surface area contributed by atoms with E-state index in [0.29, 0.717) is 10.7 Å². The first-order valence-corrected chi connectivity index (χ1v) is 6.95. The highest BCUT2D eigenvalue weighted by atomic mass is 35.5. The highest BCUT2D eigenvalue weighted by Gasteiger charge is 2.26. The molecule has 2 heterocycles. The Balaban J connectivity index is 1.82. The summed E-state index contributed by atoms with van der Waals surface area (Å²) in [6, 6.07) is -0.00350. The van der Waals surface area contributed by atoms with Gasteiger partial charge in [0.1, 0.15) is 5.15 Å². The number of rotatable bonds is 2. The summed E-state index contributed by atoms with van der Waals surface area (Å²) in [4.78, 5) is 12.3. The Morgan fingerprint density at radius 1 is 1.35 bits per heavy atom. The summed E-state index contributed by atoms with van der Waals surface area (Å²) in [6.45, 7) is 0. The van der Waals surface area contributed by atoms with Gasteiger partial charge in [0.25, 0.3) is 5.91 Å². The molecule has 0 spiro atoms. The molecule has 0 fully saturated rings. The third-order valence-electron chi connectivity index (χ3n) is 3.79. The lowest BCUT2D eigenvalue weighted by Gasteiger charge is -2.23. The molecule has 0 saturated carbocycles. The quantitative estimate of drug-likeness (QED) is 0.915. The third-order valence-corrected chi connectivity index (χ3v) is 4.24. The molecule has 0 aromatic carbocycles. The van der Waals surface area contributed by atoms with Gasteiger partial charge in [-0.1, -0.05) is 11.6 Å². The number of nitrogens with zero attached hydrogens (tertiary/aromatic N) is 4. The van der Waals surface area contributed by atoms with E-state index in [1.807, 2.05) is 17.9 Å². The van der Waals surface area contributed by atoms with Crippen molar-refractivity contribution < 1.29 is 4.79 Å². The summed E-state index contributed by atoms with van der Waals surface area (Å²) in [7, 11) is 3.64. The average Bonchev–Trinajstić information content (AvgIpc) is 2.96. The minimum Gasteiger partial charge on any atom is -0.345 e. The van der Waals surface area contributed by atoms with Gasteiger partial charge < -0.3 is 5.32 Å². The van der Waals surface area contributed by atoms with E-state index in [9.17, 15) is 4.79 Å². The van der Waals surface area contributed by atoms with Gasteiger partial charge in [-0.25, -0.2) is 0 Å². The predicted octanol–water partition coefficient (Wildman–Crippen LogP) is 1.61. The van der Waals surface area contributed by atoms with E-state index in [2.05, 4.69) is 15.5 Å². The van der Waals surface area contributed by atoms with E-state index in [-0.39, 0.29) is 11.9 Å². The monoisotopic (exact) mass is 293 g/mol. The highest BCUT2D eigenvalue weighted by Crippen LogP contribution is 2.29. The van der Waals surface area contributed by atoms with Crippen LogP contribution in [0.15, 0.2) is 12.4 Å². The lowest BCUT2D eigenvalue weighted by Crippen LogP contribution is -2.31. The Labute approximate surface area is 121 Å². The van der Waals surface area contributed by atoms with Crippen molar-refractivity contribution in [1.82, 2.24) is 24.9 Å². The second kappa shape index (κ2) is 4.94. The van der Waals surface area contributed by atoms with Gasteiger partial charge in [-0.2, -0.15) is 10.2 Å². The number of amides is 1. The molecule has 1 N–H and O–H groups in total. The van der Waals surface area contributed by atoms with Gasteiger partial charge in [-0.05, 0) is 19.3 Å². The maximum Gasteiger partial charge on any atom is 0.256 e. The summed E-state index contributed by atoms with van der Waals surface area (Å²) < 4.78 is 3.36. The van der Waals surface area contributed by atoms with Gasteiger partial charge in [0, 0.05) is 25.4 Å². The number of aryl methyl sites for hydroxylation is 2. The zero-order chi connectivity index (χ0) is 14.3. The van der Waals surface area contributed by atoms with Gasteiger partial charge >= 0.3 is 0 Å². The molecule has 1 aliphatic carbocycles. The zero-order valence-electron chi connectivity index (χ0n) is 11.4. The molecule has 106 valence electrons. The van der Waals surface area contributed by atoms with Crippen molar-refractivity contribution in [1.29, 1.82) is 0 Å². The van der Waals surface area contributed by atoms with Crippen molar-refractivity contribution in [3.8, 4) is 0 Å². The van der Waals surface area contributed by atoms with Gasteiger partial charge in [-0.15, -0.1) is 0 Å². The maximum absolute atomic E-state index is 12.3. The van der Waals surface area contributed by atoms with E-state index >= 15 is 0 Å². The van der Waals surface area contributed by atoms with Crippen molar-refractivity contribution in [3.05, 3.63) is 34.4 Å². The van der Waals surface area contributed by atoms with E-state index < -0.39 is 0 Å². The Kier molecular flexibility index (Phi) is 3.25. The van der Waals surface area contributed by atoms with Crippen molar-refractivity contribution in [2.75, 3.05) is 0 Å². The standard InChI is InChI=1S/C13H16ClN5O/c1-18-11-5-3-4-10(8(11)6-15-18)17-13(20)9-7-16-19(2)12(9)14/h6-7,10H,3-5H2,1-2H3,(H,17,20)/t10-/m1/s1. The fourth-order valence-corrected chi connectivity index (χ4v) is 2.85. The molecule has 20 heavy (non-hydrogen) atoms. The van der Waals surface area contributed by atoms with Crippen LogP contribution in [0.5, 0.6) is 0 Å². The molecule has 2 aromatic rings. The molecule has 1 atom stereocenters. The Morgan fingerprint density at radius 3 is 2.80 bits per heavy atom. The number of carbonyl (C=O) groups excluding carboxylic acids is 1. The molecule has 0 radical (unpaired) electrons. The number of carbonyl (C=O) groups is 1. The normalized spacial score (nSPS) is 17.9. The molecule has 0 aliphatic heterocycles. The van der Waals surface area contributed by atoms with Crippen LogP contribution in [0.4, 0.5) is 0 Å². The molecule has 6 nitrogen and oxygen atoms in total. The maximum atomic E-state index is 12.3. The lowest BCUT2D eigenvalue weighted by atomic mass is 9.93. The van der Waals surface area contributed by atoms with Gasteiger partial charge in [-0.3, -0.25) is 14.2 Å². The molecular weight excluding hydrogens is 278 g/mol. The number of hydrogen-bond acceptors (Lipinski definition) is 3. The molecule has 2 aromatic heterocycles. The number of halogens is 1. The average molecular weight is 294 g/mol. The first kappa shape index (κ1) is 13.2. The minimum atomic E-state index is -0.190. The van der Waals surface area contributed by atoms with Crippen LogP contribution < -0.4 is 5.32 Å². The smallest absolute Gasteiger partial charge is 0.256 e. The van der Waals surface area contributed by atoms with Gasteiger partial charge in [0.15, 0.2) is 0 Å². The first-order chi connectivity index (χ1) is 9.58. The molecule has 3 rings (SSSR count). The second-order valence-electron chi connectivity index (χ2n) is 5.06. The number of nitrogens with one attached hydrogen (secondary N) is 1. The SMILES string of the molecule is Cn1ncc(C(=O)N[C@@H]2CCCc3c2cnn3C)c1Cl. The van der Waals surface area contributed by atoms with Gasteiger partial charge in [0.05, 0.1) is 24.0 Å². The van der Waals surface area contributed by atoms with E-state index in [1.165, 1.54) is 16.6 Å². The van der Waals surface area contributed by atoms with E-state index in [1.54, 1.807) is 7.05 Å². The molecule has 0 unspecified atom stereocenters. The highest BCUT2D eigenvalue weighted by molar-refractivity contribution is 6.32. The van der Waals surface area contributed by atoms with E-state index in [4.69, 9.17) is 11.6 Å².